The summed E-state index contributed by atoms with van der Waals surface area (Å²) in [7, 11) is 0. The molecule has 0 fully saturated rings. The Labute approximate surface area is 154 Å². The lowest BCUT2D eigenvalue weighted by Crippen LogP contribution is -2.04. The molecule has 0 heterocycles. The molecule has 0 aromatic rings. The second kappa shape index (κ2) is 14.5. The van der Waals surface area contributed by atoms with E-state index >= 15 is 0 Å². The minimum absolute atomic E-state index is 0.311. The Hall–Kier alpha value is 0.867. The molecule has 0 atom stereocenters. The second-order valence-electron chi connectivity index (χ2n) is 5.27. The molecule has 0 radical (unpaired) electrons. The van der Waals surface area contributed by atoms with E-state index in [2.05, 4.69) is 52.5 Å². The van der Waals surface area contributed by atoms with Crippen LogP contribution in [0.5, 0.6) is 0 Å². The number of rotatable bonds is 14. The monoisotopic (exact) mass is 504 g/mol. The Morgan fingerprint density at radius 3 is 1.71 bits per heavy atom. The van der Waals surface area contributed by atoms with Gasteiger partial charge >= 0.3 is 5.97 Å². The molecule has 6 heteroatoms. The summed E-state index contributed by atoms with van der Waals surface area (Å²) < 4.78 is 3.57. The van der Waals surface area contributed by atoms with Crippen LogP contribution in [0.25, 0.3) is 0 Å². The van der Waals surface area contributed by atoms with Crippen LogP contribution >= 0.6 is 45.9 Å². The first-order valence-electron chi connectivity index (χ1n) is 7.81. The van der Waals surface area contributed by atoms with E-state index in [0.29, 0.717) is 6.61 Å². The summed E-state index contributed by atoms with van der Waals surface area (Å²) in [4.78, 5) is 10.8. The summed E-state index contributed by atoms with van der Waals surface area (Å²) in [5.41, 5.74) is 0. The standard InChI is InChI=1S/C15H27Br3O2Si/c1-2-15(19)20-13-11-9-7-5-3-4-6-8-10-12-14-21(16,17)18/h2H,1,3-14H2. The van der Waals surface area contributed by atoms with Crippen LogP contribution in [0.1, 0.15) is 64.2 Å². The third kappa shape index (κ3) is 18.8. The van der Waals surface area contributed by atoms with Gasteiger partial charge in [-0.1, -0.05) is 110 Å². The van der Waals surface area contributed by atoms with Crippen LogP contribution in [0.3, 0.4) is 0 Å². The van der Waals surface area contributed by atoms with E-state index in [4.69, 9.17) is 4.74 Å². The predicted molar refractivity (Wildman–Crippen MR) is 105 cm³/mol. The smallest absolute Gasteiger partial charge is 0.330 e. The number of ether oxygens (including phenoxy) is 1. The molecule has 0 aliphatic rings. The quantitative estimate of drug-likeness (QED) is 0.0857. The van der Waals surface area contributed by atoms with Gasteiger partial charge in [-0.15, -0.1) is 0 Å². The molecule has 0 rings (SSSR count). The fraction of sp³-hybridized carbons (Fsp3) is 0.800. The zero-order valence-electron chi connectivity index (χ0n) is 12.7. The van der Waals surface area contributed by atoms with E-state index in [-0.39, 0.29) is 5.97 Å². The summed E-state index contributed by atoms with van der Waals surface area (Å²) in [6, 6.07) is 1.24. The molecule has 0 amide bonds. The summed E-state index contributed by atoms with van der Waals surface area (Å²) in [5.74, 6) is -0.311. The zero-order chi connectivity index (χ0) is 16.0. The van der Waals surface area contributed by atoms with E-state index < -0.39 is 3.93 Å². The normalized spacial score (nSPS) is 11.4. The van der Waals surface area contributed by atoms with Crippen molar-refractivity contribution in [2.45, 2.75) is 70.3 Å². The molecule has 0 saturated heterocycles. The first-order chi connectivity index (χ1) is 9.95. The van der Waals surface area contributed by atoms with Crippen molar-refractivity contribution in [1.29, 1.82) is 0 Å². The van der Waals surface area contributed by atoms with E-state index in [1.165, 1.54) is 63.5 Å². The summed E-state index contributed by atoms with van der Waals surface area (Å²) >= 11 is 11.0. The van der Waals surface area contributed by atoms with Crippen LogP contribution in [0.4, 0.5) is 0 Å². The van der Waals surface area contributed by atoms with Gasteiger partial charge in [0.25, 0.3) is 3.93 Å². The van der Waals surface area contributed by atoms with E-state index in [1.807, 2.05) is 0 Å². The highest BCUT2D eigenvalue weighted by Crippen LogP contribution is 2.33. The van der Waals surface area contributed by atoms with Crippen molar-refractivity contribution in [3.63, 3.8) is 0 Å². The van der Waals surface area contributed by atoms with Crippen molar-refractivity contribution in [2.24, 2.45) is 0 Å². The SMILES string of the molecule is C=CC(=O)OCCCCCCCCCCCC[Si](Br)(Br)Br. The van der Waals surface area contributed by atoms with Gasteiger partial charge in [0.1, 0.15) is 0 Å². The molecule has 124 valence electrons. The highest BCUT2D eigenvalue weighted by molar-refractivity contribution is 9.72. The molecule has 0 aliphatic heterocycles. The molecule has 21 heavy (non-hydrogen) atoms. The summed E-state index contributed by atoms with van der Waals surface area (Å²) in [5, 5.41) is 0. The maximum Gasteiger partial charge on any atom is 0.330 e. The first-order valence-corrected chi connectivity index (χ1v) is 16.8. The predicted octanol–water partition coefficient (Wildman–Crippen LogP) is 6.74. The maximum atomic E-state index is 10.8. The molecule has 0 N–H and O–H groups in total. The highest BCUT2D eigenvalue weighted by Gasteiger charge is 2.20. The third-order valence-corrected chi connectivity index (χ3v) is 7.75. The summed E-state index contributed by atoms with van der Waals surface area (Å²) in [6.07, 6.45) is 13.9. The van der Waals surface area contributed by atoms with Crippen LogP contribution in [0, 0.1) is 0 Å². The Morgan fingerprint density at radius 1 is 0.857 bits per heavy atom. The molecule has 0 aliphatic carbocycles. The Morgan fingerprint density at radius 2 is 1.29 bits per heavy atom. The first kappa shape index (κ1) is 21.9. The molecular weight excluding hydrogens is 480 g/mol. The number of carbonyl (C=O) groups is 1. The maximum absolute atomic E-state index is 10.8. The minimum Gasteiger partial charge on any atom is -0.463 e. The fourth-order valence-corrected chi connectivity index (χ4v) is 5.25. The molecule has 0 aromatic heterocycles. The number of halogens is 3. The van der Waals surface area contributed by atoms with Crippen molar-refractivity contribution in [1.82, 2.24) is 0 Å². The van der Waals surface area contributed by atoms with Gasteiger partial charge in [-0.05, 0) is 12.5 Å². The van der Waals surface area contributed by atoms with Gasteiger partial charge < -0.3 is 4.74 Å². The van der Waals surface area contributed by atoms with Gasteiger partial charge in [-0.3, -0.25) is 0 Å². The van der Waals surface area contributed by atoms with Crippen LogP contribution in [0.2, 0.25) is 6.04 Å². The molecular formula is C15H27Br3O2Si. The fourth-order valence-electron chi connectivity index (χ4n) is 2.07. The number of hydrogen-bond donors (Lipinski definition) is 0. The van der Waals surface area contributed by atoms with Crippen molar-refractivity contribution < 1.29 is 9.53 Å². The highest BCUT2D eigenvalue weighted by atomic mass is 80.0. The average Bonchev–Trinajstić information content (AvgIpc) is 2.42. The van der Waals surface area contributed by atoms with E-state index in [1.54, 1.807) is 0 Å². The number of hydrogen-bond acceptors (Lipinski definition) is 2. The van der Waals surface area contributed by atoms with Crippen molar-refractivity contribution >= 4 is 55.8 Å². The Kier molecular flexibility index (Phi) is 15.1. The van der Waals surface area contributed by atoms with Gasteiger partial charge in [0.05, 0.1) is 6.61 Å². The zero-order valence-corrected chi connectivity index (χ0v) is 18.5. The second-order valence-corrected chi connectivity index (χ2v) is 28.8. The largest absolute Gasteiger partial charge is 0.463 e. The number of esters is 1. The van der Waals surface area contributed by atoms with Crippen LogP contribution in [0.15, 0.2) is 12.7 Å². The lowest BCUT2D eigenvalue weighted by atomic mass is 10.1. The lowest BCUT2D eigenvalue weighted by Gasteiger charge is -2.08. The summed E-state index contributed by atoms with van der Waals surface area (Å²) in [6.45, 7) is 3.90. The van der Waals surface area contributed by atoms with Crippen molar-refractivity contribution in [3.8, 4) is 0 Å². The molecule has 2 nitrogen and oxygen atoms in total. The molecule has 0 unspecified atom stereocenters. The molecule has 0 aromatic carbocycles. The van der Waals surface area contributed by atoms with Crippen molar-refractivity contribution in [2.75, 3.05) is 6.61 Å². The topological polar surface area (TPSA) is 26.3 Å². The Bertz CT molecular complexity index is 281. The molecule has 0 spiro atoms. The van der Waals surface area contributed by atoms with Crippen LogP contribution in [-0.2, 0) is 9.53 Å². The van der Waals surface area contributed by atoms with E-state index in [9.17, 15) is 4.79 Å². The van der Waals surface area contributed by atoms with Gasteiger partial charge in [0.2, 0.25) is 0 Å². The van der Waals surface area contributed by atoms with Crippen LogP contribution in [-0.4, -0.2) is 16.5 Å². The van der Waals surface area contributed by atoms with Gasteiger partial charge in [0, 0.05) is 6.08 Å². The van der Waals surface area contributed by atoms with E-state index in [0.717, 1.165) is 12.8 Å². The average molecular weight is 507 g/mol. The van der Waals surface area contributed by atoms with Crippen molar-refractivity contribution in [3.05, 3.63) is 12.7 Å². The Balaban J connectivity index is 3.09. The number of unbranched alkanes of at least 4 members (excludes halogenated alkanes) is 9. The minimum atomic E-state index is -1.36. The lowest BCUT2D eigenvalue weighted by molar-refractivity contribution is -0.137. The van der Waals surface area contributed by atoms with Gasteiger partial charge in [-0.25, -0.2) is 4.79 Å². The van der Waals surface area contributed by atoms with Gasteiger partial charge in [0.15, 0.2) is 0 Å². The molecule has 0 saturated carbocycles. The van der Waals surface area contributed by atoms with Crippen LogP contribution < -0.4 is 0 Å². The third-order valence-electron chi connectivity index (χ3n) is 3.27. The number of carbonyl (C=O) groups excluding carboxylic acids is 1. The molecule has 0 bridgehead atoms. The van der Waals surface area contributed by atoms with Gasteiger partial charge in [-0.2, -0.15) is 0 Å².